The van der Waals surface area contributed by atoms with Crippen LogP contribution in [0, 0.1) is 23.7 Å². The number of piperidine rings is 1. The zero-order valence-electron chi connectivity index (χ0n) is 12.5. The van der Waals surface area contributed by atoms with Gasteiger partial charge in [-0.3, -0.25) is 9.59 Å². The summed E-state index contributed by atoms with van der Waals surface area (Å²) < 4.78 is 0. The summed E-state index contributed by atoms with van der Waals surface area (Å²) in [6, 6.07) is 0.265. The Morgan fingerprint density at radius 3 is 2.38 bits per heavy atom. The number of fused-ring (bicyclic) bond motifs is 2. The molecule has 5 nitrogen and oxygen atoms in total. The number of carbonyl (C=O) groups excluding carboxylic acids is 1. The SMILES string of the molecule is CCN(C(=O)C1C2C=CC(C2)C1C(=O)O)C1CCNCC1. The van der Waals surface area contributed by atoms with Crippen LogP contribution in [0.15, 0.2) is 12.2 Å². The molecule has 2 bridgehead atoms. The maximum atomic E-state index is 13.0. The summed E-state index contributed by atoms with van der Waals surface area (Å²) in [5.74, 6) is -1.46. The number of nitrogens with zero attached hydrogens (tertiary/aromatic N) is 1. The second-order valence-corrected chi connectivity index (χ2v) is 6.44. The highest BCUT2D eigenvalue weighted by atomic mass is 16.4. The number of carboxylic acid groups (broad SMARTS) is 1. The van der Waals surface area contributed by atoms with Gasteiger partial charge in [0.15, 0.2) is 0 Å². The lowest BCUT2D eigenvalue weighted by molar-refractivity contribution is -0.152. The molecule has 1 aliphatic heterocycles. The average molecular weight is 292 g/mol. The lowest BCUT2D eigenvalue weighted by Crippen LogP contribution is -2.50. The van der Waals surface area contributed by atoms with Gasteiger partial charge >= 0.3 is 5.97 Å². The van der Waals surface area contributed by atoms with Crippen LogP contribution >= 0.6 is 0 Å². The smallest absolute Gasteiger partial charge is 0.307 e. The van der Waals surface area contributed by atoms with Gasteiger partial charge in [-0.05, 0) is 51.1 Å². The number of carbonyl (C=O) groups is 2. The van der Waals surface area contributed by atoms with Crippen LogP contribution in [-0.4, -0.2) is 47.6 Å². The van der Waals surface area contributed by atoms with Gasteiger partial charge in [0, 0.05) is 12.6 Å². The first-order valence-electron chi connectivity index (χ1n) is 8.05. The Morgan fingerprint density at radius 1 is 1.19 bits per heavy atom. The van der Waals surface area contributed by atoms with Crippen molar-refractivity contribution in [3.63, 3.8) is 0 Å². The topological polar surface area (TPSA) is 69.6 Å². The van der Waals surface area contributed by atoms with E-state index in [1.54, 1.807) is 0 Å². The fraction of sp³-hybridized carbons (Fsp3) is 0.750. The first kappa shape index (κ1) is 14.6. The van der Waals surface area contributed by atoms with Crippen LogP contribution in [0.2, 0.25) is 0 Å². The lowest BCUT2D eigenvalue weighted by atomic mass is 9.81. The summed E-state index contributed by atoms with van der Waals surface area (Å²) in [4.78, 5) is 26.5. The molecular formula is C16H24N2O3. The van der Waals surface area contributed by atoms with E-state index in [4.69, 9.17) is 0 Å². The molecule has 0 aromatic rings. The van der Waals surface area contributed by atoms with Crippen LogP contribution < -0.4 is 5.32 Å². The van der Waals surface area contributed by atoms with E-state index in [9.17, 15) is 14.7 Å². The summed E-state index contributed by atoms with van der Waals surface area (Å²) in [6.45, 7) is 4.55. The fourth-order valence-electron chi connectivity index (χ4n) is 4.40. The van der Waals surface area contributed by atoms with E-state index in [1.807, 2.05) is 17.9 Å². The van der Waals surface area contributed by atoms with Gasteiger partial charge in [0.1, 0.15) is 0 Å². The number of aliphatic carboxylic acids is 1. The molecule has 2 N–H and O–H groups in total. The lowest BCUT2D eigenvalue weighted by Gasteiger charge is -2.37. The molecule has 1 amide bonds. The molecular weight excluding hydrogens is 268 g/mol. The van der Waals surface area contributed by atoms with Gasteiger partial charge < -0.3 is 15.3 Å². The van der Waals surface area contributed by atoms with E-state index in [1.165, 1.54) is 0 Å². The molecule has 0 aromatic heterocycles. The molecule has 3 aliphatic rings. The Labute approximate surface area is 125 Å². The number of hydrogen-bond acceptors (Lipinski definition) is 3. The summed E-state index contributed by atoms with van der Waals surface area (Å²) in [5.41, 5.74) is 0. The van der Waals surface area contributed by atoms with Crippen molar-refractivity contribution in [2.45, 2.75) is 32.2 Å². The fourth-order valence-corrected chi connectivity index (χ4v) is 4.40. The van der Waals surface area contributed by atoms with E-state index >= 15 is 0 Å². The Hall–Kier alpha value is -1.36. The van der Waals surface area contributed by atoms with Gasteiger partial charge in [-0.1, -0.05) is 12.2 Å². The van der Waals surface area contributed by atoms with Gasteiger partial charge in [0.25, 0.3) is 0 Å². The van der Waals surface area contributed by atoms with Crippen molar-refractivity contribution < 1.29 is 14.7 Å². The molecule has 2 fully saturated rings. The van der Waals surface area contributed by atoms with Crippen LogP contribution in [-0.2, 0) is 9.59 Å². The largest absolute Gasteiger partial charge is 0.481 e. The van der Waals surface area contributed by atoms with E-state index in [0.717, 1.165) is 32.4 Å². The van der Waals surface area contributed by atoms with E-state index in [2.05, 4.69) is 11.4 Å². The van der Waals surface area contributed by atoms with Crippen molar-refractivity contribution in [1.82, 2.24) is 10.2 Å². The quantitative estimate of drug-likeness (QED) is 0.762. The molecule has 1 saturated carbocycles. The third kappa shape index (κ3) is 2.48. The third-order valence-electron chi connectivity index (χ3n) is 5.40. The highest BCUT2D eigenvalue weighted by molar-refractivity contribution is 5.87. The predicted octanol–water partition coefficient (Wildman–Crippen LogP) is 1.11. The van der Waals surface area contributed by atoms with E-state index in [-0.39, 0.29) is 29.7 Å². The number of carboxylic acids is 1. The van der Waals surface area contributed by atoms with E-state index < -0.39 is 11.9 Å². The Kier molecular flexibility index (Phi) is 4.02. The summed E-state index contributed by atoms with van der Waals surface area (Å²) >= 11 is 0. The van der Waals surface area contributed by atoms with Gasteiger partial charge in [-0.15, -0.1) is 0 Å². The normalized spacial score (nSPS) is 35.1. The van der Waals surface area contributed by atoms with Crippen molar-refractivity contribution >= 4 is 11.9 Å². The molecule has 116 valence electrons. The summed E-state index contributed by atoms with van der Waals surface area (Å²) in [6.07, 6.45) is 6.82. The monoisotopic (exact) mass is 292 g/mol. The standard InChI is InChI=1S/C16H24N2O3/c1-2-18(12-5-7-17-8-6-12)15(19)13-10-3-4-11(9-10)14(13)16(20)21/h3-4,10-14,17H,2,5-9H2,1H3,(H,20,21). The van der Waals surface area contributed by atoms with Crippen molar-refractivity contribution in [2.24, 2.45) is 23.7 Å². The molecule has 0 spiro atoms. The van der Waals surface area contributed by atoms with Crippen molar-refractivity contribution in [3.8, 4) is 0 Å². The summed E-state index contributed by atoms with van der Waals surface area (Å²) in [7, 11) is 0. The molecule has 3 rings (SSSR count). The first-order valence-corrected chi connectivity index (χ1v) is 8.05. The minimum atomic E-state index is -0.813. The molecule has 1 heterocycles. The second-order valence-electron chi connectivity index (χ2n) is 6.44. The highest BCUT2D eigenvalue weighted by Crippen LogP contribution is 2.49. The number of amides is 1. The number of rotatable bonds is 4. The number of nitrogens with one attached hydrogen (secondary N) is 1. The molecule has 2 aliphatic carbocycles. The molecule has 0 radical (unpaired) electrons. The Morgan fingerprint density at radius 2 is 1.81 bits per heavy atom. The molecule has 5 heteroatoms. The van der Waals surface area contributed by atoms with Crippen LogP contribution in [0.4, 0.5) is 0 Å². The maximum absolute atomic E-state index is 13.0. The van der Waals surface area contributed by atoms with Crippen molar-refractivity contribution in [1.29, 1.82) is 0 Å². The van der Waals surface area contributed by atoms with Gasteiger partial charge in [-0.25, -0.2) is 0 Å². The average Bonchev–Trinajstić information content (AvgIpc) is 3.09. The van der Waals surface area contributed by atoms with Gasteiger partial charge in [-0.2, -0.15) is 0 Å². The molecule has 0 aromatic carbocycles. The van der Waals surface area contributed by atoms with Crippen LogP contribution in [0.3, 0.4) is 0 Å². The third-order valence-corrected chi connectivity index (χ3v) is 5.40. The Balaban J connectivity index is 1.79. The minimum absolute atomic E-state index is 0.0492. The molecule has 4 unspecified atom stereocenters. The van der Waals surface area contributed by atoms with Gasteiger partial charge in [0.2, 0.25) is 5.91 Å². The summed E-state index contributed by atoms with van der Waals surface area (Å²) in [5, 5.41) is 12.8. The van der Waals surface area contributed by atoms with E-state index in [0.29, 0.717) is 6.54 Å². The van der Waals surface area contributed by atoms with Crippen LogP contribution in [0.25, 0.3) is 0 Å². The molecule has 1 saturated heterocycles. The molecule has 4 atom stereocenters. The zero-order chi connectivity index (χ0) is 15.0. The maximum Gasteiger partial charge on any atom is 0.307 e. The van der Waals surface area contributed by atoms with Crippen molar-refractivity contribution in [3.05, 3.63) is 12.2 Å². The highest BCUT2D eigenvalue weighted by Gasteiger charge is 2.52. The van der Waals surface area contributed by atoms with Crippen LogP contribution in [0.1, 0.15) is 26.2 Å². The predicted molar refractivity (Wildman–Crippen MR) is 78.6 cm³/mol. The van der Waals surface area contributed by atoms with Crippen LogP contribution in [0.5, 0.6) is 0 Å². The van der Waals surface area contributed by atoms with Crippen molar-refractivity contribution in [2.75, 3.05) is 19.6 Å². The number of allylic oxidation sites excluding steroid dienone is 2. The first-order chi connectivity index (χ1) is 10.1. The number of hydrogen-bond donors (Lipinski definition) is 2. The zero-order valence-corrected chi connectivity index (χ0v) is 12.5. The minimum Gasteiger partial charge on any atom is -0.481 e. The second kappa shape index (κ2) is 5.79. The van der Waals surface area contributed by atoms with Gasteiger partial charge in [0.05, 0.1) is 11.8 Å². The molecule has 21 heavy (non-hydrogen) atoms. The Bertz CT molecular complexity index is 456.